The van der Waals surface area contributed by atoms with E-state index in [0.717, 1.165) is 36.1 Å². The summed E-state index contributed by atoms with van der Waals surface area (Å²) < 4.78 is 9.53. The molecule has 1 aromatic heterocycles. The van der Waals surface area contributed by atoms with Gasteiger partial charge in [0.15, 0.2) is 0 Å². The van der Waals surface area contributed by atoms with E-state index in [0.29, 0.717) is 16.3 Å². The number of carbonyl (C=O) groups is 4. The van der Waals surface area contributed by atoms with Crippen LogP contribution < -0.4 is 10.6 Å². The summed E-state index contributed by atoms with van der Waals surface area (Å²) in [6, 6.07) is -0.697. The topological polar surface area (TPSA) is 111 Å². The number of ether oxygens (including phenoxy) is 2. The van der Waals surface area contributed by atoms with Crippen LogP contribution in [0.15, 0.2) is 0 Å². The van der Waals surface area contributed by atoms with E-state index in [1.807, 2.05) is 0 Å². The van der Waals surface area contributed by atoms with E-state index in [-0.39, 0.29) is 18.2 Å². The number of amides is 2. The molecular formula is C18H22N2O6S2. The summed E-state index contributed by atoms with van der Waals surface area (Å²) in [5.74, 6) is -1.35. The number of rotatable bonds is 5. The highest BCUT2D eigenvalue weighted by Gasteiger charge is 2.34. The fourth-order valence-electron chi connectivity index (χ4n) is 3.33. The molecule has 2 heterocycles. The Kier molecular flexibility index (Phi) is 6.61. The number of methoxy groups -OCH3 is 2. The van der Waals surface area contributed by atoms with E-state index < -0.39 is 23.2 Å². The molecule has 8 nitrogen and oxygen atoms in total. The highest BCUT2D eigenvalue weighted by Crippen LogP contribution is 2.38. The lowest BCUT2D eigenvalue weighted by Crippen LogP contribution is -2.51. The molecule has 1 fully saturated rings. The Hall–Kier alpha value is -2.07. The quantitative estimate of drug-likeness (QED) is 0.687. The summed E-state index contributed by atoms with van der Waals surface area (Å²) in [6.45, 7) is 0. The maximum Gasteiger partial charge on any atom is 0.341 e. The van der Waals surface area contributed by atoms with Gasteiger partial charge >= 0.3 is 11.9 Å². The molecule has 0 aromatic carbocycles. The minimum Gasteiger partial charge on any atom is -0.467 e. The molecule has 0 saturated carbocycles. The molecule has 2 amide bonds. The minimum atomic E-state index is -0.697. The van der Waals surface area contributed by atoms with Crippen LogP contribution in [0.25, 0.3) is 0 Å². The third-order valence-electron chi connectivity index (χ3n) is 4.74. The average Bonchev–Trinajstić information content (AvgIpc) is 3.05. The Morgan fingerprint density at radius 1 is 1.18 bits per heavy atom. The van der Waals surface area contributed by atoms with Crippen molar-refractivity contribution in [1.82, 2.24) is 5.32 Å². The zero-order valence-electron chi connectivity index (χ0n) is 15.7. The molecule has 0 spiro atoms. The molecule has 1 aliphatic heterocycles. The third-order valence-corrected chi connectivity index (χ3v) is 7.26. The molecule has 2 N–H and O–H groups in total. The van der Waals surface area contributed by atoms with Gasteiger partial charge in [-0.05, 0) is 31.2 Å². The van der Waals surface area contributed by atoms with Gasteiger partial charge < -0.3 is 20.1 Å². The van der Waals surface area contributed by atoms with E-state index in [2.05, 4.69) is 15.4 Å². The first-order valence-electron chi connectivity index (χ1n) is 8.97. The first kappa shape index (κ1) is 20.7. The highest BCUT2D eigenvalue weighted by atomic mass is 32.2. The molecule has 10 heteroatoms. The summed E-state index contributed by atoms with van der Waals surface area (Å²) in [5.41, 5.74) is 1.39. The fourth-order valence-corrected chi connectivity index (χ4v) is 5.76. The van der Waals surface area contributed by atoms with E-state index >= 15 is 0 Å². The van der Waals surface area contributed by atoms with Crippen molar-refractivity contribution in [3.8, 4) is 0 Å². The predicted molar refractivity (Wildman–Crippen MR) is 106 cm³/mol. The van der Waals surface area contributed by atoms with Crippen LogP contribution in [0.4, 0.5) is 5.00 Å². The zero-order valence-corrected chi connectivity index (χ0v) is 17.3. The number of thiophene rings is 1. The van der Waals surface area contributed by atoms with Crippen LogP contribution in [0.1, 0.15) is 40.1 Å². The van der Waals surface area contributed by atoms with Crippen LogP contribution in [0.3, 0.4) is 0 Å². The Morgan fingerprint density at radius 2 is 1.93 bits per heavy atom. The summed E-state index contributed by atoms with van der Waals surface area (Å²) in [6.07, 6.45) is 3.69. The van der Waals surface area contributed by atoms with Crippen LogP contribution in [0.2, 0.25) is 0 Å². The van der Waals surface area contributed by atoms with Gasteiger partial charge in [0.1, 0.15) is 11.0 Å². The van der Waals surface area contributed by atoms with Gasteiger partial charge in [-0.3, -0.25) is 9.59 Å². The number of aryl methyl sites for hydroxylation is 1. The monoisotopic (exact) mass is 426 g/mol. The molecule has 0 radical (unpaired) electrons. The number of nitrogens with one attached hydrogen (secondary N) is 2. The predicted octanol–water partition coefficient (Wildman–Crippen LogP) is 1.52. The third kappa shape index (κ3) is 4.33. The van der Waals surface area contributed by atoms with Gasteiger partial charge in [-0.2, -0.15) is 0 Å². The number of esters is 2. The molecular weight excluding hydrogens is 404 g/mol. The summed E-state index contributed by atoms with van der Waals surface area (Å²) in [7, 11) is 2.58. The number of anilines is 1. The van der Waals surface area contributed by atoms with Crippen molar-refractivity contribution in [1.29, 1.82) is 0 Å². The Bertz CT molecular complexity index is 806. The first-order chi connectivity index (χ1) is 13.4. The van der Waals surface area contributed by atoms with Crippen LogP contribution in [-0.4, -0.2) is 55.0 Å². The van der Waals surface area contributed by atoms with E-state index in [9.17, 15) is 19.2 Å². The molecule has 1 aliphatic carbocycles. The van der Waals surface area contributed by atoms with Gasteiger partial charge in [-0.25, -0.2) is 9.59 Å². The van der Waals surface area contributed by atoms with Crippen molar-refractivity contribution in [2.75, 3.05) is 25.3 Å². The number of hydrogen-bond donors (Lipinski definition) is 2. The Balaban J connectivity index is 1.67. The van der Waals surface area contributed by atoms with Crippen LogP contribution in [0, 0.1) is 0 Å². The molecule has 1 aromatic rings. The largest absolute Gasteiger partial charge is 0.467 e. The lowest BCUT2D eigenvalue weighted by Gasteiger charge is -2.26. The van der Waals surface area contributed by atoms with Gasteiger partial charge in [-0.1, -0.05) is 0 Å². The molecule has 2 aliphatic rings. The molecule has 3 rings (SSSR count). The van der Waals surface area contributed by atoms with Gasteiger partial charge in [0, 0.05) is 17.1 Å². The molecule has 0 unspecified atom stereocenters. The van der Waals surface area contributed by atoms with Gasteiger partial charge in [0.2, 0.25) is 11.8 Å². The van der Waals surface area contributed by atoms with E-state index in [4.69, 9.17) is 4.74 Å². The van der Waals surface area contributed by atoms with Crippen molar-refractivity contribution < 1.29 is 28.7 Å². The molecule has 28 heavy (non-hydrogen) atoms. The normalized spacial score (nSPS) is 21.3. The van der Waals surface area contributed by atoms with E-state index in [1.54, 1.807) is 0 Å². The second-order valence-electron chi connectivity index (χ2n) is 6.57. The molecule has 0 bridgehead atoms. The van der Waals surface area contributed by atoms with Gasteiger partial charge in [0.05, 0.1) is 25.0 Å². The van der Waals surface area contributed by atoms with Crippen LogP contribution in [0.5, 0.6) is 0 Å². The van der Waals surface area contributed by atoms with Crippen LogP contribution in [-0.2, 0) is 36.7 Å². The molecule has 152 valence electrons. The maximum absolute atomic E-state index is 12.5. The van der Waals surface area contributed by atoms with Crippen LogP contribution >= 0.6 is 23.1 Å². The summed E-state index contributed by atoms with van der Waals surface area (Å²) in [5, 5.41) is 5.25. The number of hydrogen-bond acceptors (Lipinski definition) is 8. The number of carbonyl (C=O) groups excluding carboxylic acids is 4. The summed E-state index contributed by atoms with van der Waals surface area (Å²) in [4.78, 5) is 49.6. The van der Waals surface area contributed by atoms with Crippen molar-refractivity contribution in [3.05, 3.63) is 16.0 Å². The molecule has 1 saturated heterocycles. The standard InChI is InChI=1S/C18H22N2O6S2/c1-25-17(23)10-8-27-12(15(22)19-10)7-13(21)20-16-14(18(24)26-2)9-5-3-4-6-11(9)28-16/h10,12H,3-8H2,1-2H3,(H,19,22)(H,20,21)/t10-,12-/m1/s1. The Morgan fingerprint density at radius 3 is 2.61 bits per heavy atom. The lowest BCUT2D eigenvalue weighted by atomic mass is 9.95. The van der Waals surface area contributed by atoms with Gasteiger partial charge in [0.25, 0.3) is 0 Å². The second kappa shape index (κ2) is 8.95. The minimum absolute atomic E-state index is 0.0480. The number of thioether (sulfide) groups is 1. The van der Waals surface area contributed by atoms with Crippen molar-refractivity contribution in [2.24, 2.45) is 0 Å². The zero-order chi connectivity index (χ0) is 20.3. The van der Waals surface area contributed by atoms with Crippen molar-refractivity contribution in [3.63, 3.8) is 0 Å². The van der Waals surface area contributed by atoms with E-state index in [1.165, 1.54) is 37.3 Å². The average molecular weight is 427 g/mol. The van der Waals surface area contributed by atoms with Crippen molar-refractivity contribution in [2.45, 2.75) is 43.4 Å². The number of fused-ring (bicyclic) bond motifs is 1. The van der Waals surface area contributed by atoms with Gasteiger partial charge in [-0.15, -0.1) is 23.1 Å². The first-order valence-corrected chi connectivity index (χ1v) is 10.8. The smallest absolute Gasteiger partial charge is 0.341 e. The molecule has 2 atom stereocenters. The SMILES string of the molecule is COC(=O)c1c(NC(=O)C[C@H]2SC[C@H](C(=O)OC)NC2=O)sc2c1CCCC2. The summed E-state index contributed by atoms with van der Waals surface area (Å²) >= 11 is 2.65. The van der Waals surface area contributed by atoms with Crippen molar-refractivity contribution >= 4 is 51.9 Å². The maximum atomic E-state index is 12.5. The highest BCUT2D eigenvalue weighted by molar-refractivity contribution is 8.00. The lowest BCUT2D eigenvalue weighted by molar-refractivity contribution is -0.144. The Labute approximate surface area is 170 Å². The fraction of sp³-hybridized carbons (Fsp3) is 0.556. The second-order valence-corrected chi connectivity index (χ2v) is 8.91.